The highest BCUT2D eigenvalue weighted by atomic mass is 32.2. The van der Waals surface area contributed by atoms with E-state index in [-0.39, 0.29) is 16.4 Å². The number of benzene rings is 2. The third-order valence-electron chi connectivity index (χ3n) is 4.93. The van der Waals surface area contributed by atoms with Gasteiger partial charge in [0.1, 0.15) is 0 Å². The summed E-state index contributed by atoms with van der Waals surface area (Å²) in [5, 5.41) is 5.25. The topological polar surface area (TPSA) is 131 Å². The Bertz CT molecular complexity index is 1180. The molecule has 2 N–H and O–H groups in total. The fourth-order valence-corrected chi connectivity index (χ4v) is 5.46. The summed E-state index contributed by atoms with van der Waals surface area (Å²) in [6.07, 6.45) is 0. The second-order valence-electron chi connectivity index (χ2n) is 7.21. The smallest absolute Gasteiger partial charge is 0.338 e. The summed E-state index contributed by atoms with van der Waals surface area (Å²) in [7, 11) is -3.63. The fourth-order valence-electron chi connectivity index (χ4n) is 3.27. The summed E-state index contributed by atoms with van der Waals surface area (Å²) >= 11 is 1.37. The van der Waals surface area contributed by atoms with E-state index in [0.29, 0.717) is 43.4 Å². The number of ether oxygens (including phenoxy) is 2. The summed E-state index contributed by atoms with van der Waals surface area (Å²) < 4.78 is 36.9. The number of esters is 1. The largest absolute Gasteiger partial charge is 0.452 e. The van der Waals surface area contributed by atoms with E-state index in [0.717, 1.165) is 4.90 Å². The molecule has 2 heterocycles. The minimum atomic E-state index is -3.63. The van der Waals surface area contributed by atoms with Crippen LogP contribution in [-0.4, -0.2) is 69.2 Å². The molecule has 0 radical (unpaired) electrons. The number of nitrogens with one attached hydrogen (secondary N) is 2. The zero-order valence-electron chi connectivity index (χ0n) is 17.4. The van der Waals surface area contributed by atoms with E-state index in [4.69, 9.17) is 9.47 Å². The monoisotopic (exact) mass is 491 g/mol. The quantitative estimate of drug-likeness (QED) is 0.582. The SMILES string of the molecule is O=C(COC(=O)c1ccc2c(c1)NC(=O)CS2)Nc1ccc(S(=O)(=O)N2CCOCC2)cc1. The molecule has 2 aromatic rings. The molecule has 0 bridgehead atoms. The number of nitrogens with zero attached hydrogens (tertiary/aromatic N) is 1. The van der Waals surface area contributed by atoms with Gasteiger partial charge in [0.2, 0.25) is 15.9 Å². The molecular formula is C21H21N3O7S2. The van der Waals surface area contributed by atoms with Crippen LogP contribution in [0.15, 0.2) is 52.3 Å². The summed E-state index contributed by atoms with van der Waals surface area (Å²) in [5.41, 5.74) is 1.11. The first kappa shape index (κ1) is 23.2. The van der Waals surface area contributed by atoms with Gasteiger partial charge in [-0.3, -0.25) is 9.59 Å². The van der Waals surface area contributed by atoms with Crippen LogP contribution in [0.1, 0.15) is 10.4 Å². The van der Waals surface area contributed by atoms with E-state index < -0.39 is 28.5 Å². The van der Waals surface area contributed by atoms with Gasteiger partial charge < -0.3 is 20.1 Å². The van der Waals surface area contributed by atoms with E-state index in [9.17, 15) is 22.8 Å². The maximum Gasteiger partial charge on any atom is 0.338 e. The van der Waals surface area contributed by atoms with Gasteiger partial charge in [-0.1, -0.05) is 0 Å². The van der Waals surface area contributed by atoms with Crippen molar-refractivity contribution in [1.82, 2.24) is 4.31 Å². The lowest BCUT2D eigenvalue weighted by atomic mass is 10.2. The molecule has 2 aromatic carbocycles. The zero-order valence-corrected chi connectivity index (χ0v) is 19.0. The first-order valence-corrected chi connectivity index (χ1v) is 12.5. The highest BCUT2D eigenvalue weighted by Crippen LogP contribution is 2.32. The van der Waals surface area contributed by atoms with Gasteiger partial charge in [0.25, 0.3) is 5.91 Å². The molecule has 174 valence electrons. The molecule has 0 aromatic heterocycles. The van der Waals surface area contributed by atoms with Gasteiger partial charge in [-0.2, -0.15) is 4.31 Å². The summed E-state index contributed by atoms with van der Waals surface area (Å²) in [5.74, 6) is -1.11. The number of thioether (sulfide) groups is 1. The Morgan fingerprint density at radius 1 is 1.12 bits per heavy atom. The predicted molar refractivity (Wildman–Crippen MR) is 121 cm³/mol. The number of hydrogen-bond acceptors (Lipinski definition) is 8. The number of anilines is 2. The van der Waals surface area contributed by atoms with Crippen LogP contribution in [0.3, 0.4) is 0 Å². The Kier molecular flexibility index (Phi) is 6.98. The average molecular weight is 492 g/mol. The standard InChI is InChI=1S/C21H21N3O7S2/c25-19(12-31-21(27)14-1-6-18-17(11-14)23-20(26)13-32-18)22-15-2-4-16(5-3-15)33(28,29)24-7-9-30-10-8-24/h1-6,11H,7-10,12-13H2,(H,22,25)(H,23,26). The van der Waals surface area contributed by atoms with Gasteiger partial charge in [0.05, 0.1) is 35.1 Å². The first-order chi connectivity index (χ1) is 15.8. The molecule has 10 nitrogen and oxygen atoms in total. The molecule has 4 rings (SSSR count). The lowest BCUT2D eigenvalue weighted by Crippen LogP contribution is -2.40. The van der Waals surface area contributed by atoms with Crippen LogP contribution in [0, 0.1) is 0 Å². The molecule has 0 aliphatic carbocycles. The molecule has 1 saturated heterocycles. The average Bonchev–Trinajstić information content (AvgIpc) is 2.83. The molecule has 2 amide bonds. The Morgan fingerprint density at radius 3 is 2.58 bits per heavy atom. The Labute approximate surface area is 194 Å². The minimum absolute atomic E-state index is 0.117. The highest BCUT2D eigenvalue weighted by molar-refractivity contribution is 8.00. The molecule has 2 aliphatic rings. The Morgan fingerprint density at radius 2 is 1.85 bits per heavy atom. The summed E-state index contributed by atoms with van der Waals surface area (Å²) in [4.78, 5) is 36.9. The maximum absolute atomic E-state index is 12.6. The van der Waals surface area contributed by atoms with Crippen molar-refractivity contribution in [2.45, 2.75) is 9.79 Å². The van der Waals surface area contributed by atoms with Crippen molar-refractivity contribution in [3.05, 3.63) is 48.0 Å². The van der Waals surface area contributed by atoms with E-state index >= 15 is 0 Å². The van der Waals surface area contributed by atoms with E-state index in [2.05, 4.69) is 10.6 Å². The molecule has 0 atom stereocenters. The Balaban J connectivity index is 1.31. The van der Waals surface area contributed by atoms with Crippen LogP contribution in [0.4, 0.5) is 11.4 Å². The van der Waals surface area contributed by atoms with Gasteiger partial charge >= 0.3 is 5.97 Å². The van der Waals surface area contributed by atoms with Crippen LogP contribution in [0.5, 0.6) is 0 Å². The molecule has 0 spiro atoms. The summed E-state index contributed by atoms with van der Waals surface area (Å²) in [6.45, 7) is 0.768. The van der Waals surface area contributed by atoms with Gasteiger partial charge in [-0.25, -0.2) is 13.2 Å². The number of carbonyl (C=O) groups excluding carboxylic acids is 3. The molecule has 33 heavy (non-hydrogen) atoms. The number of carbonyl (C=O) groups is 3. The number of rotatable bonds is 6. The van der Waals surface area contributed by atoms with E-state index in [1.165, 1.54) is 46.4 Å². The van der Waals surface area contributed by atoms with Crippen molar-refractivity contribution >= 4 is 50.9 Å². The van der Waals surface area contributed by atoms with Gasteiger partial charge in [-0.15, -0.1) is 11.8 Å². The third kappa shape index (κ3) is 5.53. The van der Waals surface area contributed by atoms with Gasteiger partial charge in [0, 0.05) is 23.7 Å². The van der Waals surface area contributed by atoms with E-state index in [1.807, 2.05) is 0 Å². The van der Waals surface area contributed by atoms with Crippen molar-refractivity contribution in [3.63, 3.8) is 0 Å². The van der Waals surface area contributed by atoms with Crippen LogP contribution in [0.25, 0.3) is 0 Å². The number of morpholine rings is 1. The molecular weight excluding hydrogens is 470 g/mol. The van der Waals surface area contributed by atoms with Crippen LogP contribution >= 0.6 is 11.8 Å². The molecule has 12 heteroatoms. The molecule has 0 saturated carbocycles. The highest BCUT2D eigenvalue weighted by Gasteiger charge is 2.26. The van der Waals surface area contributed by atoms with Gasteiger partial charge in [0.15, 0.2) is 6.61 Å². The van der Waals surface area contributed by atoms with Crippen LogP contribution in [0.2, 0.25) is 0 Å². The van der Waals surface area contributed by atoms with Gasteiger partial charge in [-0.05, 0) is 42.5 Å². The third-order valence-corrected chi connectivity index (χ3v) is 7.91. The normalized spacial score (nSPS) is 16.4. The number of amides is 2. The zero-order chi connectivity index (χ0) is 23.4. The number of sulfonamides is 1. The van der Waals surface area contributed by atoms with Crippen molar-refractivity contribution in [2.75, 3.05) is 49.3 Å². The molecule has 1 fully saturated rings. The summed E-state index contributed by atoms with van der Waals surface area (Å²) in [6, 6.07) is 10.5. The lowest BCUT2D eigenvalue weighted by Gasteiger charge is -2.26. The maximum atomic E-state index is 12.6. The Hall–Kier alpha value is -2.93. The van der Waals surface area contributed by atoms with E-state index in [1.54, 1.807) is 12.1 Å². The first-order valence-electron chi connectivity index (χ1n) is 10.0. The number of fused-ring (bicyclic) bond motifs is 1. The second kappa shape index (κ2) is 9.91. The van der Waals surface area contributed by atoms with Crippen molar-refractivity contribution in [3.8, 4) is 0 Å². The van der Waals surface area contributed by atoms with Crippen LogP contribution < -0.4 is 10.6 Å². The number of hydrogen-bond donors (Lipinski definition) is 2. The van der Waals surface area contributed by atoms with Crippen molar-refractivity contribution in [2.24, 2.45) is 0 Å². The minimum Gasteiger partial charge on any atom is -0.452 e. The second-order valence-corrected chi connectivity index (χ2v) is 10.2. The fraction of sp³-hybridized carbons (Fsp3) is 0.286. The lowest BCUT2D eigenvalue weighted by molar-refractivity contribution is -0.119. The molecule has 0 unspecified atom stereocenters. The predicted octanol–water partition coefficient (Wildman–Crippen LogP) is 1.55. The van der Waals surface area contributed by atoms with Crippen LogP contribution in [-0.2, 0) is 29.1 Å². The van der Waals surface area contributed by atoms with Crippen molar-refractivity contribution in [1.29, 1.82) is 0 Å². The molecule has 2 aliphatic heterocycles. The van der Waals surface area contributed by atoms with Crippen molar-refractivity contribution < 1.29 is 32.3 Å².